The Morgan fingerprint density at radius 2 is 2.44 bits per heavy atom. The molecule has 1 aromatic heterocycles. The van der Waals surface area contributed by atoms with Gasteiger partial charge in [0.15, 0.2) is 5.82 Å². The van der Waals surface area contributed by atoms with Gasteiger partial charge in [0.25, 0.3) is 5.56 Å². The average Bonchev–Trinajstić information content (AvgIpc) is 2.32. The van der Waals surface area contributed by atoms with E-state index in [2.05, 4.69) is 20.6 Å². The molecule has 1 atom stereocenters. The molecule has 0 bridgehead atoms. The standard InChI is InChI=1S/C10H17N5O/c11-8-9(14-6-15-10(8)16)13-5-7-3-1-2-4-12-7/h6-7,12H,1-5,11H2,(H2,13,14,15,16). The van der Waals surface area contributed by atoms with Crippen LogP contribution in [0.2, 0.25) is 0 Å². The van der Waals surface area contributed by atoms with E-state index in [1.165, 1.54) is 19.2 Å². The number of anilines is 2. The summed E-state index contributed by atoms with van der Waals surface area (Å²) in [7, 11) is 0. The third-order valence-electron chi connectivity index (χ3n) is 2.82. The van der Waals surface area contributed by atoms with E-state index in [1.807, 2.05) is 0 Å². The van der Waals surface area contributed by atoms with Gasteiger partial charge >= 0.3 is 0 Å². The maximum atomic E-state index is 11.2. The fourth-order valence-electron chi connectivity index (χ4n) is 1.87. The van der Waals surface area contributed by atoms with E-state index in [0.29, 0.717) is 11.9 Å². The third kappa shape index (κ3) is 2.52. The molecular weight excluding hydrogens is 206 g/mol. The van der Waals surface area contributed by atoms with E-state index >= 15 is 0 Å². The Bertz CT molecular complexity index is 396. The smallest absolute Gasteiger partial charge is 0.276 e. The van der Waals surface area contributed by atoms with Gasteiger partial charge in [-0.3, -0.25) is 4.79 Å². The summed E-state index contributed by atoms with van der Waals surface area (Å²) >= 11 is 0. The molecule has 1 unspecified atom stereocenters. The average molecular weight is 223 g/mol. The van der Waals surface area contributed by atoms with Gasteiger partial charge in [0.05, 0.1) is 6.33 Å². The van der Waals surface area contributed by atoms with Crippen LogP contribution in [0.25, 0.3) is 0 Å². The monoisotopic (exact) mass is 223 g/mol. The zero-order valence-electron chi connectivity index (χ0n) is 9.12. The zero-order chi connectivity index (χ0) is 11.4. The summed E-state index contributed by atoms with van der Waals surface area (Å²) in [6.07, 6.45) is 4.99. The van der Waals surface area contributed by atoms with Crippen molar-refractivity contribution in [3.63, 3.8) is 0 Å². The van der Waals surface area contributed by atoms with Crippen LogP contribution in [-0.4, -0.2) is 29.1 Å². The summed E-state index contributed by atoms with van der Waals surface area (Å²) in [6.45, 7) is 1.81. The van der Waals surface area contributed by atoms with Crippen molar-refractivity contribution >= 4 is 11.5 Å². The predicted molar refractivity (Wildman–Crippen MR) is 63.4 cm³/mol. The summed E-state index contributed by atoms with van der Waals surface area (Å²) < 4.78 is 0. The first-order valence-electron chi connectivity index (χ1n) is 5.58. The molecule has 6 nitrogen and oxygen atoms in total. The van der Waals surface area contributed by atoms with Gasteiger partial charge in [0, 0.05) is 12.6 Å². The van der Waals surface area contributed by atoms with Crippen LogP contribution in [0.4, 0.5) is 11.5 Å². The summed E-state index contributed by atoms with van der Waals surface area (Å²) in [5, 5.41) is 6.51. The van der Waals surface area contributed by atoms with E-state index in [1.54, 1.807) is 0 Å². The molecule has 0 aromatic carbocycles. The van der Waals surface area contributed by atoms with Gasteiger partial charge in [-0.2, -0.15) is 0 Å². The fourth-order valence-corrected chi connectivity index (χ4v) is 1.87. The van der Waals surface area contributed by atoms with Gasteiger partial charge in [-0.15, -0.1) is 0 Å². The summed E-state index contributed by atoms with van der Waals surface area (Å²) in [5.41, 5.74) is 5.46. The summed E-state index contributed by atoms with van der Waals surface area (Å²) in [6, 6.07) is 0.439. The number of piperidine rings is 1. The Labute approximate surface area is 93.7 Å². The molecule has 1 aromatic rings. The number of H-pyrrole nitrogens is 1. The lowest BCUT2D eigenvalue weighted by Gasteiger charge is -2.23. The minimum absolute atomic E-state index is 0.151. The lowest BCUT2D eigenvalue weighted by Crippen LogP contribution is -2.39. The highest BCUT2D eigenvalue weighted by Crippen LogP contribution is 2.10. The Morgan fingerprint density at radius 1 is 1.56 bits per heavy atom. The summed E-state index contributed by atoms with van der Waals surface area (Å²) in [4.78, 5) is 17.6. The summed E-state index contributed by atoms with van der Waals surface area (Å²) in [5.74, 6) is 0.469. The van der Waals surface area contributed by atoms with Gasteiger partial charge in [-0.05, 0) is 19.4 Å². The molecule has 16 heavy (non-hydrogen) atoms. The highest BCUT2D eigenvalue weighted by Gasteiger charge is 2.13. The highest BCUT2D eigenvalue weighted by atomic mass is 16.1. The van der Waals surface area contributed by atoms with Crippen LogP contribution in [0.3, 0.4) is 0 Å². The lowest BCUT2D eigenvalue weighted by molar-refractivity contribution is 0.414. The molecule has 6 heteroatoms. The minimum Gasteiger partial charge on any atom is -0.391 e. The Hall–Kier alpha value is -1.56. The number of aromatic nitrogens is 2. The van der Waals surface area contributed by atoms with Crippen molar-refractivity contribution in [3.8, 4) is 0 Å². The molecule has 2 heterocycles. The second-order valence-electron chi connectivity index (χ2n) is 4.02. The second kappa shape index (κ2) is 4.98. The van der Waals surface area contributed by atoms with Crippen molar-refractivity contribution in [2.24, 2.45) is 0 Å². The van der Waals surface area contributed by atoms with Crippen molar-refractivity contribution in [1.82, 2.24) is 15.3 Å². The largest absolute Gasteiger partial charge is 0.391 e. The van der Waals surface area contributed by atoms with Gasteiger partial charge in [0.2, 0.25) is 0 Å². The molecule has 2 rings (SSSR count). The molecule has 1 aliphatic heterocycles. The number of hydrogen-bond donors (Lipinski definition) is 4. The van der Waals surface area contributed by atoms with Gasteiger partial charge in [0.1, 0.15) is 5.69 Å². The molecule has 5 N–H and O–H groups in total. The van der Waals surface area contributed by atoms with E-state index in [0.717, 1.165) is 19.5 Å². The van der Waals surface area contributed by atoms with Crippen LogP contribution in [0.5, 0.6) is 0 Å². The highest BCUT2D eigenvalue weighted by molar-refractivity contribution is 5.58. The molecule has 0 amide bonds. The molecule has 1 aliphatic rings. The predicted octanol–water partition coefficient (Wildman–Crippen LogP) is -0.0939. The molecule has 0 spiro atoms. The number of nitrogens with zero attached hydrogens (tertiary/aromatic N) is 1. The van der Waals surface area contributed by atoms with E-state index in [-0.39, 0.29) is 11.2 Å². The molecule has 0 radical (unpaired) electrons. The normalized spacial score (nSPS) is 20.6. The maximum absolute atomic E-state index is 11.2. The van der Waals surface area contributed by atoms with Crippen LogP contribution in [-0.2, 0) is 0 Å². The topological polar surface area (TPSA) is 95.8 Å². The molecule has 0 saturated carbocycles. The second-order valence-corrected chi connectivity index (χ2v) is 4.02. The van der Waals surface area contributed by atoms with Crippen LogP contribution >= 0.6 is 0 Å². The fraction of sp³-hybridized carbons (Fsp3) is 0.600. The first kappa shape index (κ1) is 10.9. The first-order chi connectivity index (χ1) is 7.77. The van der Waals surface area contributed by atoms with Gasteiger partial charge < -0.3 is 21.4 Å². The number of rotatable bonds is 3. The zero-order valence-corrected chi connectivity index (χ0v) is 9.12. The molecule has 1 fully saturated rings. The number of nitrogens with one attached hydrogen (secondary N) is 3. The van der Waals surface area contributed by atoms with Crippen LogP contribution in [0.1, 0.15) is 19.3 Å². The Kier molecular flexibility index (Phi) is 3.40. The van der Waals surface area contributed by atoms with Crippen LogP contribution in [0, 0.1) is 0 Å². The number of nitrogen functional groups attached to an aromatic ring is 1. The van der Waals surface area contributed by atoms with Crippen molar-refractivity contribution < 1.29 is 0 Å². The van der Waals surface area contributed by atoms with Crippen molar-refractivity contribution in [2.45, 2.75) is 25.3 Å². The van der Waals surface area contributed by atoms with Crippen molar-refractivity contribution in [3.05, 3.63) is 16.7 Å². The quantitative estimate of drug-likeness (QED) is 0.574. The van der Waals surface area contributed by atoms with E-state index in [9.17, 15) is 4.79 Å². The molecule has 88 valence electrons. The lowest BCUT2D eigenvalue weighted by atomic mass is 10.1. The van der Waals surface area contributed by atoms with E-state index < -0.39 is 0 Å². The molecular formula is C10H17N5O. The number of aromatic amines is 1. The third-order valence-corrected chi connectivity index (χ3v) is 2.82. The van der Waals surface area contributed by atoms with Gasteiger partial charge in [-0.1, -0.05) is 6.42 Å². The Morgan fingerprint density at radius 3 is 3.19 bits per heavy atom. The number of hydrogen-bond acceptors (Lipinski definition) is 5. The maximum Gasteiger partial charge on any atom is 0.276 e. The number of nitrogens with two attached hydrogens (primary N) is 1. The minimum atomic E-state index is -0.297. The van der Waals surface area contributed by atoms with Crippen LogP contribution in [0.15, 0.2) is 11.1 Å². The van der Waals surface area contributed by atoms with Crippen molar-refractivity contribution in [1.29, 1.82) is 0 Å². The first-order valence-corrected chi connectivity index (χ1v) is 5.58. The SMILES string of the molecule is Nc1c(NCC2CCCCN2)nc[nH]c1=O. The van der Waals surface area contributed by atoms with Crippen LogP contribution < -0.4 is 21.9 Å². The van der Waals surface area contributed by atoms with E-state index in [4.69, 9.17) is 5.73 Å². The van der Waals surface area contributed by atoms with Gasteiger partial charge in [-0.25, -0.2) is 4.98 Å². The van der Waals surface area contributed by atoms with Crippen molar-refractivity contribution in [2.75, 3.05) is 24.1 Å². The molecule has 1 saturated heterocycles. The Balaban J connectivity index is 1.93. The molecule has 0 aliphatic carbocycles.